The van der Waals surface area contributed by atoms with E-state index in [1.54, 1.807) is 25.2 Å². The summed E-state index contributed by atoms with van der Waals surface area (Å²) in [6.45, 7) is 0. The number of nitrogens with one attached hydrogen (secondary N) is 1. The number of carbonyl (C=O) groups excluding carboxylic acids is 1. The number of aromatic carboxylic acids is 1. The zero-order chi connectivity index (χ0) is 18.7. The van der Waals surface area contributed by atoms with E-state index in [9.17, 15) is 14.7 Å². The van der Waals surface area contributed by atoms with E-state index in [2.05, 4.69) is 10.2 Å². The molecule has 0 spiro atoms. The summed E-state index contributed by atoms with van der Waals surface area (Å²) in [6.07, 6.45) is 2.17. The van der Waals surface area contributed by atoms with Crippen LogP contribution in [0.1, 0.15) is 40.1 Å². The van der Waals surface area contributed by atoms with Crippen molar-refractivity contribution in [3.63, 3.8) is 0 Å². The van der Waals surface area contributed by atoms with Crippen LogP contribution in [0.2, 0.25) is 0 Å². The van der Waals surface area contributed by atoms with Gasteiger partial charge in [-0.3, -0.25) is 9.89 Å². The van der Waals surface area contributed by atoms with Crippen molar-refractivity contribution in [3.8, 4) is 5.75 Å². The van der Waals surface area contributed by atoms with Crippen LogP contribution in [-0.4, -0.2) is 62.5 Å². The van der Waals surface area contributed by atoms with Crippen molar-refractivity contribution >= 4 is 11.9 Å². The SMILES string of the molecule is CN(C(=O)c1ccn[nH]1)[C@@H]1CCC[C@H](Oc2cccc(C(=O)O)c2)[C@H]1O. The topological polar surface area (TPSA) is 116 Å². The number of carbonyl (C=O) groups is 2. The van der Waals surface area contributed by atoms with E-state index in [0.29, 0.717) is 24.3 Å². The van der Waals surface area contributed by atoms with Gasteiger partial charge in [-0.25, -0.2) is 4.79 Å². The van der Waals surface area contributed by atoms with Gasteiger partial charge in [-0.2, -0.15) is 5.10 Å². The number of aliphatic hydroxyl groups is 1. The Morgan fingerprint density at radius 3 is 2.81 bits per heavy atom. The fourth-order valence-corrected chi connectivity index (χ4v) is 3.26. The number of likely N-dealkylation sites (N-methyl/N-ethyl adjacent to an activating group) is 1. The van der Waals surface area contributed by atoms with Crippen molar-refractivity contribution in [1.29, 1.82) is 0 Å². The van der Waals surface area contributed by atoms with Gasteiger partial charge in [0.05, 0.1) is 11.6 Å². The van der Waals surface area contributed by atoms with E-state index in [4.69, 9.17) is 9.84 Å². The highest BCUT2D eigenvalue weighted by atomic mass is 16.5. The fraction of sp³-hybridized carbons (Fsp3) is 0.389. The highest BCUT2D eigenvalue weighted by molar-refractivity contribution is 5.92. The Bertz CT molecular complexity index is 777. The van der Waals surface area contributed by atoms with Crippen LogP contribution in [0.15, 0.2) is 36.5 Å². The van der Waals surface area contributed by atoms with E-state index < -0.39 is 24.2 Å². The van der Waals surface area contributed by atoms with Crippen molar-refractivity contribution < 1.29 is 24.5 Å². The number of ether oxygens (including phenoxy) is 1. The smallest absolute Gasteiger partial charge is 0.335 e. The summed E-state index contributed by atoms with van der Waals surface area (Å²) in [7, 11) is 1.64. The first-order chi connectivity index (χ1) is 12.5. The van der Waals surface area contributed by atoms with Gasteiger partial charge in [0.25, 0.3) is 5.91 Å². The number of benzene rings is 1. The second-order valence-electron chi connectivity index (χ2n) is 6.36. The van der Waals surface area contributed by atoms with Gasteiger partial charge in [-0.05, 0) is 43.5 Å². The molecule has 0 radical (unpaired) electrons. The maximum Gasteiger partial charge on any atom is 0.335 e. The lowest BCUT2D eigenvalue weighted by Gasteiger charge is -2.39. The van der Waals surface area contributed by atoms with Crippen molar-refractivity contribution in [2.45, 2.75) is 37.5 Å². The molecular weight excluding hydrogens is 338 g/mol. The average molecular weight is 359 g/mol. The quantitative estimate of drug-likeness (QED) is 0.746. The largest absolute Gasteiger partial charge is 0.488 e. The highest BCUT2D eigenvalue weighted by Gasteiger charge is 2.37. The van der Waals surface area contributed by atoms with Crippen molar-refractivity contribution in [2.75, 3.05) is 7.05 Å². The minimum Gasteiger partial charge on any atom is -0.488 e. The normalized spacial score (nSPS) is 22.6. The lowest BCUT2D eigenvalue weighted by Crippen LogP contribution is -2.53. The predicted octanol–water partition coefficient (Wildman–Crippen LogP) is 1.54. The minimum atomic E-state index is -1.04. The number of carboxylic acids is 1. The molecule has 0 saturated heterocycles. The molecule has 1 aliphatic carbocycles. The lowest BCUT2D eigenvalue weighted by atomic mass is 9.88. The lowest BCUT2D eigenvalue weighted by molar-refractivity contribution is -0.0414. The number of amides is 1. The fourth-order valence-electron chi connectivity index (χ4n) is 3.26. The number of carboxylic acid groups (broad SMARTS) is 1. The number of H-pyrrole nitrogens is 1. The highest BCUT2D eigenvalue weighted by Crippen LogP contribution is 2.28. The van der Waals surface area contributed by atoms with E-state index in [0.717, 1.165) is 6.42 Å². The molecule has 1 amide bonds. The first-order valence-corrected chi connectivity index (χ1v) is 8.42. The zero-order valence-electron chi connectivity index (χ0n) is 14.3. The van der Waals surface area contributed by atoms with Gasteiger partial charge in [0, 0.05) is 13.2 Å². The van der Waals surface area contributed by atoms with Crippen LogP contribution < -0.4 is 4.74 Å². The monoisotopic (exact) mass is 359 g/mol. The molecule has 0 bridgehead atoms. The van der Waals surface area contributed by atoms with Crippen molar-refractivity contribution in [1.82, 2.24) is 15.1 Å². The summed E-state index contributed by atoms with van der Waals surface area (Å²) in [5, 5.41) is 26.2. The molecule has 0 unspecified atom stereocenters. The number of aliphatic hydroxyl groups excluding tert-OH is 1. The van der Waals surface area contributed by atoms with Gasteiger partial charge < -0.3 is 19.8 Å². The molecule has 1 aliphatic rings. The van der Waals surface area contributed by atoms with Gasteiger partial charge >= 0.3 is 5.97 Å². The Balaban J connectivity index is 1.71. The molecule has 1 fully saturated rings. The van der Waals surface area contributed by atoms with Crippen LogP contribution in [0, 0.1) is 0 Å². The number of aromatic nitrogens is 2. The van der Waals surface area contributed by atoms with Crippen molar-refractivity contribution in [2.24, 2.45) is 0 Å². The van der Waals surface area contributed by atoms with Gasteiger partial charge in [-0.15, -0.1) is 0 Å². The van der Waals surface area contributed by atoms with Crippen LogP contribution in [0.3, 0.4) is 0 Å². The first-order valence-electron chi connectivity index (χ1n) is 8.42. The third kappa shape index (κ3) is 3.70. The number of aromatic amines is 1. The van der Waals surface area contributed by atoms with Crippen LogP contribution >= 0.6 is 0 Å². The van der Waals surface area contributed by atoms with Crippen LogP contribution in [0.5, 0.6) is 5.75 Å². The molecule has 2 aromatic rings. The predicted molar refractivity (Wildman–Crippen MR) is 92.1 cm³/mol. The number of nitrogens with zero attached hydrogens (tertiary/aromatic N) is 2. The van der Waals surface area contributed by atoms with E-state index in [1.165, 1.54) is 23.2 Å². The number of hydrogen-bond acceptors (Lipinski definition) is 5. The molecule has 1 heterocycles. The Labute approximate surface area is 150 Å². The second-order valence-corrected chi connectivity index (χ2v) is 6.36. The van der Waals surface area contributed by atoms with E-state index in [1.807, 2.05) is 0 Å². The molecule has 3 N–H and O–H groups in total. The van der Waals surface area contributed by atoms with E-state index >= 15 is 0 Å². The molecule has 1 aromatic carbocycles. The molecule has 8 nitrogen and oxygen atoms in total. The summed E-state index contributed by atoms with van der Waals surface area (Å²) in [6, 6.07) is 7.35. The molecule has 26 heavy (non-hydrogen) atoms. The second kappa shape index (κ2) is 7.57. The van der Waals surface area contributed by atoms with Gasteiger partial charge in [0.15, 0.2) is 0 Å². The standard InChI is InChI=1S/C18H21N3O5/c1-21(17(23)13-8-9-19-20-13)14-6-3-7-15(16(14)22)26-12-5-2-4-11(10-12)18(24)25/h2,4-5,8-10,14-16,22H,3,6-7H2,1H3,(H,19,20)(H,24,25)/t14-,15+,16+/m1/s1. The molecule has 1 aromatic heterocycles. The van der Waals surface area contributed by atoms with Gasteiger partial charge in [0.1, 0.15) is 23.7 Å². The molecule has 0 aliphatic heterocycles. The van der Waals surface area contributed by atoms with Crippen molar-refractivity contribution in [3.05, 3.63) is 47.8 Å². The molecule has 1 saturated carbocycles. The molecule has 138 valence electrons. The number of rotatable bonds is 5. The van der Waals surface area contributed by atoms with Gasteiger partial charge in [-0.1, -0.05) is 6.07 Å². The Morgan fingerprint density at radius 1 is 1.31 bits per heavy atom. The summed E-state index contributed by atoms with van der Waals surface area (Å²) in [4.78, 5) is 25.1. The summed E-state index contributed by atoms with van der Waals surface area (Å²) < 4.78 is 5.84. The first kappa shape index (κ1) is 17.9. The molecule has 3 rings (SSSR count). The molecule has 8 heteroatoms. The van der Waals surface area contributed by atoms with E-state index in [-0.39, 0.29) is 11.5 Å². The van der Waals surface area contributed by atoms with Crippen LogP contribution in [0.4, 0.5) is 0 Å². The average Bonchev–Trinajstić information content (AvgIpc) is 3.17. The Hall–Kier alpha value is -2.87. The summed E-state index contributed by atoms with van der Waals surface area (Å²) >= 11 is 0. The summed E-state index contributed by atoms with van der Waals surface area (Å²) in [5.41, 5.74) is 0.479. The molecule has 3 atom stereocenters. The third-order valence-electron chi connectivity index (χ3n) is 4.68. The molecular formula is C18H21N3O5. The maximum absolute atomic E-state index is 12.5. The van der Waals surface area contributed by atoms with Crippen LogP contribution in [0.25, 0.3) is 0 Å². The van der Waals surface area contributed by atoms with Gasteiger partial charge in [0.2, 0.25) is 0 Å². The number of hydrogen-bond donors (Lipinski definition) is 3. The summed E-state index contributed by atoms with van der Waals surface area (Å²) in [5.74, 6) is -0.903. The third-order valence-corrected chi connectivity index (χ3v) is 4.68. The Kier molecular flexibility index (Phi) is 5.22. The Morgan fingerprint density at radius 2 is 2.12 bits per heavy atom. The minimum absolute atomic E-state index is 0.121. The zero-order valence-corrected chi connectivity index (χ0v) is 14.3. The maximum atomic E-state index is 12.5. The van der Waals surface area contributed by atoms with Crippen LogP contribution in [-0.2, 0) is 0 Å².